The largest absolute Gasteiger partial charge is 0.360 e. The Morgan fingerprint density at radius 1 is 1.26 bits per heavy atom. The molecule has 0 spiro atoms. The van der Waals surface area contributed by atoms with Gasteiger partial charge in [0.2, 0.25) is 11.0 Å². The Morgan fingerprint density at radius 2 is 2.11 bits per heavy atom. The Balaban J connectivity index is 1.44. The van der Waals surface area contributed by atoms with E-state index in [0.717, 1.165) is 41.8 Å². The molecule has 0 fully saturated rings. The molecule has 0 radical (unpaired) electrons. The summed E-state index contributed by atoms with van der Waals surface area (Å²) in [6, 6.07) is 10.4. The average Bonchev–Trinajstić information content (AvgIpc) is 3.16. The van der Waals surface area contributed by atoms with Crippen LogP contribution in [0.2, 0.25) is 0 Å². The molecule has 144 valence electrons. The lowest BCUT2D eigenvalue weighted by atomic mass is 10.0. The van der Waals surface area contributed by atoms with E-state index in [0.29, 0.717) is 5.75 Å². The van der Waals surface area contributed by atoms with Crippen molar-refractivity contribution in [1.82, 2.24) is 15.1 Å². The van der Waals surface area contributed by atoms with Crippen LogP contribution in [0.1, 0.15) is 38.2 Å². The van der Waals surface area contributed by atoms with Crippen LogP contribution >= 0.6 is 23.1 Å². The maximum absolute atomic E-state index is 12.6. The van der Waals surface area contributed by atoms with Gasteiger partial charge in [-0.1, -0.05) is 59.5 Å². The van der Waals surface area contributed by atoms with Gasteiger partial charge in [-0.2, -0.15) is 0 Å². The Kier molecular flexibility index (Phi) is 7.71. The van der Waals surface area contributed by atoms with Crippen molar-refractivity contribution < 1.29 is 4.79 Å². The fourth-order valence-corrected chi connectivity index (χ4v) is 4.76. The second-order valence-corrected chi connectivity index (χ2v) is 8.60. The van der Waals surface area contributed by atoms with Gasteiger partial charge in [0.05, 0.1) is 5.75 Å². The highest BCUT2D eigenvalue weighted by Gasteiger charge is 2.18. The van der Waals surface area contributed by atoms with Gasteiger partial charge in [-0.25, -0.2) is 0 Å². The number of allylic oxidation sites excluding steroid dienone is 2. The van der Waals surface area contributed by atoms with E-state index in [1.807, 2.05) is 17.9 Å². The number of amides is 1. The van der Waals surface area contributed by atoms with Crippen molar-refractivity contribution in [3.8, 4) is 0 Å². The standard InChI is InChI=1S/C20H26N4OS2/c1-2-24(17-11-7-4-8-12-17)18(25)15-26-20-23-22-19(27-20)21-14-13-16-9-5-3-6-10-16/h3,5-6,9-11H,2,4,7-8,12-15H2,1H3,(H,21,22). The highest BCUT2D eigenvalue weighted by Crippen LogP contribution is 2.27. The number of thioether (sulfide) groups is 1. The number of benzene rings is 1. The molecule has 1 amide bonds. The van der Waals surface area contributed by atoms with Crippen molar-refractivity contribution in [2.24, 2.45) is 0 Å². The van der Waals surface area contributed by atoms with Gasteiger partial charge in [0.25, 0.3) is 0 Å². The van der Waals surface area contributed by atoms with Gasteiger partial charge in [0, 0.05) is 18.8 Å². The number of hydrogen-bond donors (Lipinski definition) is 1. The average molecular weight is 403 g/mol. The number of nitrogens with one attached hydrogen (secondary N) is 1. The molecule has 0 atom stereocenters. The van der Waals surface area contributed by atoms with E-state index in [2.05, 4.69) is 45.9 Å². The molecule has 0 saturated carbocycles. The summed E-state index contributed by atoms with van der Waals surface area (Å²) in [6.45, 7) is 3.59. The van der Waals surface area contributed by atoms with Crippen LogP contribution in [-0.4, -0.2) is 39.8 Å². The molecular formula is C20H26N4OS2. The molecule has 0 bridgehead atoms. The van der Waals surface area contributed by atoms with Gasteiger partial charge >= 0.3 is 0 Å². The van der Waals surface area contributed by atoms with Crippen LogP contribution in [0.15, 0.2) is 46.4 Å². The molecule has 1 N–H and O–H groups in total. The molecule has 1 heterocycles. The number of hydrogen-bond acceptors (Lipinski definition) is 6. The number of carbonyl (C=O) groups excluding carboxylic acids is 1. The van der Waals surface area contributed by atoms with Gasteiger partial charge in [-0.05, 0) is 44.6 Å². The van der Waals surface area contributed by atoms with E-state index in [1.165, 1.54) is 47.2 Å². The molecule has 0 aliphatic heterocycles. The van der Waals surface area contributed by atoms with Crippen molar-refractivity contribution >= 4 is 34.1 Å². The Morgan fingerprint density at radius 3 is 2.85 bits per heavy atom. The topological polar surface area (TPSA) is 58.1 Å². The van der Waals surface area contributed by atoms with Crippen molar-refractivity contribution in [2.45, 2.75) is 43.4 Å². The fraction of sp³-hybridized carbons (Fsp3) is 0.450. The third-order valence-corrected chi connectivity index (χ3v) is 6.49. The molecule has 3 rings (SSSR count). The van der Waals surface area contributed by atoms with Crippen LogP contribution in [0.25, 0.3) is 0 Å². The highest BCUT2D eigenvalue weighted by molar-refractivity contribution is 8.01. The Hall–Kier alpha value is -1.86. The van der Waals surface area contributed by atoms with Crippen LogP contribution in [-0.2, 0) is 11.2 Å². The summed E-state index contributed by atoms with van der Waals surface area (Å²) in [6.07, 6.45) is 7.67. The molecule has 1 aromatic heterocycles. The molecule has 27 heavy (non-hydrogen) atoms. The van der Waals surface area contributed by atoms with Gasteiger partial charge in [-0.3, -0.25) is 4.79 Å². The van der Waals surface area contributed by atoms with Crippen LogP contribution < -0.4 is 5.32 Å². The van der Waals surface area contributed by atoms with E-state index in [-0.39, 0.29) is 5.91 Å². The first-order valence-corrected chi connectivity index (χ1v) is 11.3. The first-order chi connectivity index (χ1) is 13.3. The van der Waals surface area contributed by atoms with E-state index >= 15 is 0 Å². The minimum Gasteiger partial charge on any atom is -0.360 e. The predicted octanol–water partition coefficient (Wildman–Crippen LogP) is 4.59. The van der Waals surface area contributed by atoms with Gasteiger partial charge in [-0.15, -0.1) is 10.2 Å². The molecular weight excluding hydrogens is 376 g/mol. The first kappa shape index (κ1) is 19.9. The third kappa shape index (κ3) is 6.07. The quantitative estimate of drug-likeness (QED) is 0.622. The van der Waals surface area contributed by atoms with E-state index in [1.54, 1.807) is 0 Å². The maximum atomic E-state index is 12.6. The van der Waals surface area contributed by atoms with Crippen molar-refractivity contribution in [3.05, 3.63) is 47.7 Å². The second kappa shape index (κ2) is 10.5. The Bertz CT molecular complexity index is 760. The maximum Gasteiger partial charge on any atom is 0.237 e. The summed E-state index contributed by atoms with van der Waals surface area (Å²) in [5, 5.41) is 12.5. The molecule has 7 heteroatoms. The van der Waals surface area contributed by atoms with Crippen molar-refractivity contribution in [3.63, 3.8) is 0 Å². The van der Waals surface area contributed by atoms with Crippen LogP contribution in [0.4, 0.5) is 5.13 Å². The second-order valence-electron chi connectivity index (χ2n) is 6.40. The smallest absolute Gasteiger partial charge is 0.237 e. The number of anilines is 1. The third-order valence-electron chi connectivity index (χ3n) is 4.49. The number of aromatic nitrogens is 2. The van der Waals surface area contributed by atoms with Gasteiger partial charge in [0.1, 0.15) is 0 Å². The molecule has 1 aliphatic rings. The predicted molar refractivity (Wildman–Crippen MR) is 113 cm³/mol. The summed E-state index contributed by atoms with van der Waals surface area (Å²) in [5.41, 5.74) is 2.49. The van der Waals surface area contributed by atoms with Crippen molar-refractivity contribution in [1.29, 1.82) is 0 Å². The van der Waals surface area contributed by atoms with Gasteiger partial charge in [0.15, 0.2) is 4.34 Å². The molecule has 1 aliphatic carbocycles. The summed E-state index contributed by atoms with van der Waals surface area (Å²) < 4.78 is 0.833. The Labute approximate surface area is 169 Å². The van der Waals surface area contributed by atoms with Crippen LogP contribution in [0.5, 0.6) is 0 Å². The highest BCUT2D eigenvalue weighted by atomic mass is 32.2. The lowest BCUT2D eigenvalue weighted by Crippen LogP contribution is -2.32. The minimum atomic E-state index is 0.157. The lowest BCUT2D eigenvalue weighted by molar-refractivity contribution is -0.126. The summed E-state index contributed by atoms with van der Waals surface area (Å²) in [4.78, 5) is 14.5. The molecule has 0 saturated heterocycles. The minimum absolute atomic E-state index is 0.157. The zero-order chi connectivity index (χ0) is 18.9. The first-order valence-electron chi connectivity index (χ1n) is 9.49. The molecule has 1 aromatic carbocycles. The van der Waals surface area contributed by atoms with E-state index in [4.69, 9.17) is 0 Å². The number of carbonyl (C=O) groups is 1. The summed E-state index contributed by atoms with van der Waals surface area (Å²) in [7, 11) is 0. The monoisotopic (exact) mass is 402 g/mol. The number of nitrogens with zero attached hydrogens (tertiary/aromatic N) is 3. The lowest BCUT2D eigenvalue weighted by Gasteiger charge is -2.26. The van der Waals surface area contributed by atoms with Crippen LogP contribution in [0, 0.1) is 0 Å². The summed E-state index contributed by atoms with van der Waals surface area (Å²) >= 11 is 2.98. The van der Waals surface area contributed by atoms with E-state index in [9.17, 15) is 4.79 Å². The molecule has 0 unspecified atom stereocenters. The fourth-order valence-electron chi connectivity index (χ4n) is 3.11. The SMILES string of the molecule is CCN(C(=O)CSc1nnc(NCCc2ccccc2)s1)C1=CCCCC1. The molecule has 5 nitrogen and oxygen atoms in total. The summed E-state index contributed by atoms with van der Waals surface area (Å²) in [5.74, 6) is 0.563. The zero-order valence-electron chi connectivity index (χ0n) is 15.7. The normalized spacial score (nSPS) is 13.9. The van der Waals surface area contributed by atoms with Crippen molar-refractivity contribution in [2.75, 3.05) is 24.2 Å². The molecule has 2 aromatic rings. The zero-order valence-corrected chi connectivity index (χ0v) is 17.3. The van der Waals surface area contributed by atoms with Gasteiger partial charge < -0.3 is 10.2 Å². The van der Waals surface area contributed by atoms with Crippen LogP contribution in [0.3, 0.4) is 0 Å². The van der Waals surface area contributed by atoms with E-state index < -0.39 is 0 Å². The number of rotatable bonds is 9.